The first-order chi connectivity index (χ1) is 11.3. The van der Waals surface area contributed by atoms with E-state index in [1.54, 1.807) is 0 Å². The smallest absolute Gasteiger partial charge is 0.409 e. The third-order valence-corrected chi connectivity index (χ3v) is 5.23. The average molecular weight is 343 g/mol. The van der Waals surface area contributed by atoms with Crippen molar-refractivity contribution in [3.8, 4) is 0 Å². The fourth-order valence-electron chi connectivity index (χ4n) is 3.13. The zero-order valence-corrected chi connectivity index (χ0v) is 17.0. The van der Waals surface area contributed by atoms with E-state index in [9.17, 15) is 0 Å². The Morgan fingerprint density at radius 3 is 1.35 bits per heavy atom. The fraction of sp³-hybridized carbons (Fsp3) is 1.00. The molecule has 3 heteroatoms. The Bertz CT molecular complexity index is 212. The van der Waals surface area contributed by atoms with Crippen LogP contribution in [0.3, 0.4) is 0 Å². The molecule has 0 bridgehead atoms. The largest absolute Gasteiger partial charge is 0.430 e. The van der Waals surface area contributed by atoms with E-state index < -0.39 is 0 Å². The molecule has 0 spiro atoms. The van der Waals surface area contributed by atoms with Crippen molar-refractivity contribution in [3.63, 3.8) is 0 Å². The van der Waals surface area contributed by atoms with Gasteiger partial charge in [0.2, 0.25) is 0 Å². The van der Waals surface area contributed by atoms with Gasteiger partial charge in [-0.3, -0.25) is 0 Å². The van der Waals surface area contributed by atoms with Crippen molar-refractivity contribution in [2.75, 3.05) is 0 Å². The van der Waals surface area contributed by atoms with Crippen LogP contribution in [-0.2, 0) is 4.43 Å². The van der Waals surface area contributed by atoms with Gasteiger partial charge < -0.3 is 9.22 Å². The van der Waals surface area contributed by atoms with Gasteiger partial charge in [-0.05, 0) is 13.3 Å². The lowest BCUT2D eigenvalue weighted by Crippen LogP contribution is -2.10. The van der Waals surface area contributed by atoms with Crippen LogP contribution in [0, 0.1) is 0 Å². The van der Waals surface area contributed by atoms with E-state index in [0.29, 0.717) is 0 Å². The maximum Gasteiger partial charge on any atom is 0.430 e. The monoisotopic (exact) mass is 342 g/mol. The van der Waals surface area contributed by atoms with Crippen molar-refractivity contribution < 1.29 is 9.22 Å². The summed E-state index contributed by atoms with van der Waals surface area (Å²) in [6, 6.07) is 0. The van der Waals surface area contributed by atoms with Gasteiger partial charge in [0.25, 0.3) is 0 Å². The van der Waals surface area contributed by atoms with E-state index >= 15 is 0 Å². The number of hydrogen-bond acceptors (Lipinski definition) is 2. The molecule has 2 radical (unpaired) electrons. The van der Waals surface area contributed by atoms with Crippen LogP contribution in [-0.4, -0.2) is 20.9 Å². The zero-order chi connectivity index (χ0) is 17.0. The predicted molar refractivity (Wildman–Crippen MR) is 103 cm³/mol. The van der Waals surface area contributed by atoms with Crippen LogP contribution in [0.2, 0.25) is 0 Å². The third-order valence-electron chi connectivity index (χ3n) is 4.72. The van der Waals surface area contributed by atoms with E-state index in [1.165, 1.54) is 103 Å². The van der Waals surface area contributed by atoms with E-state index in [2.05, 4.69) is 13.8 Å². The molecule has 2 nitrogen and oxygen atoms in total. The first-order valence-corrected chi connectivity index (χ1v) is 11.2. The van der Waals surface area contributed by atoms with Crippen molar-refractivity contribution in [1.82, 2.24) is 0 Å². The third kappa shape index (κ3) is 20.1. The van der Waals surface area contributed by atoms with E-state index in [0.717, 1.165) is 6.42 Å². The lowest BCUT2D eigenvalue weighted by Gasteiger charge is -2.09. The molecule has 0 saturated heterocycles. The summed E-state index contributed by atoms with van der Waals surface area (Å²) < 4.78 is 5.15. The molecule has 0 aromatic heterocycles. The zero-order valence-electron chi connectivity index (χ0n) is 16.0. The predicted octanol–water partition coefficient (Wildman–Crippen LogP) is 6.57. The van der Waals surface area contributed by atoms with Gasteiger partial charge in [-0.2, -0.15) is 0 Å². The molecule has 1 atom stereocenters. The lowest BCUT2D eigenvalue weighted by molar-refractivity contribution is 0.187. The molecule has 0 aliphatic rings. The Morgan fingerprint density at radius 1 is 0.652 bits per heavy atom. The summed E-state index contributed by atoms with van der Waals surface area (Å²) in [6.45, 7) is 4.34. The summed E-state index contributed by atoms with van der Waals surface area (Å²) in [5.74, 6) is 0. The molecule has 1 unspecified atom stereocenters. The molecule has 0 fully saturated rings. The van der Waals surface area contributed by atoms with Gasteiger partial charge in [0.05, 0.1) is 0 Å². The average Bonchev–Trinajstić information content (AvgIpc) is 2.54. The first-order valence-electron chi connectivity index (χ1n) is 10.4. The second-order valence-electron chi connectivity index (χ2n) is 7.11. The van der Waals surface area contributed by atoms with Crippen LogP contribution in [0.5, 0.6) is 0 Å². The molecule has 0 aliphatic heterocycles. The number of rotatable bonds is 19. The summed E-state index contributed by atoms with van der Waals surface area (Å²) in [7, 11) is -0.351. The van der Waals surface area contributed by atoms with Crippen LogP contribution in [0.25, 0.3) is 0 Å². The van der Waals surface area contributed by atoms with Gasteiger partial charge in [0.15, 0.2) is 0 Å². The van der Waals surface area contributed by atoms with Crippen LogP contribution < -0.4 is 0 Å². The molecule has 0 heterocycles. The van der Waals surface area contributed by atoms with Gasteiger partial charge in [0.1, 0.15) is 0 Å². The van der Waals surface area contributed by atoms with Crippen LogP contribution in [0.4, 0.5) is 0 Å². The standard InChI is InChI=1S/C20H42O2Si/c1-3-4-5-6-7-8-9-10-11-12-13-14-15-16-17-18-19-20(2)22-23-21/h20-21H,3-19H2,1-2H3. The van der Waals surface area contributed by atoms with Crippen molar-refractivity contribution in [1.29, 1.82) is 0 Å². The van der Waals surface area contributed by atoms with E-state index in [1.807, 2.05) is 0 Å². The molecule has 0 saturated carbocycles. The maximum atomic E-state index is 8.68. The molecule has 23 heavy (non-hydrogen) atoms. The minimum absolute atomic E-state index is 0.227. The molecule has 0 rings (SSSR count). The maximum absolute atomic E-state index is 8.68. The first kappa shape index (κ1) is 23.1. The Balaban J connectivity index is 3.00. The number of unbranched alkanes of at least 4 members (excludes halogenated alkanes) is 15. The van der Waals surface area contributed by atoms with Crippen LogP contribution in [0.1, 0.15) is 123 Å². The van der Waals surface area contributed by atoms with Crippen molar-refractivity contribution >= 4 is 10.0 Å². The highest BCUT2D eigenvalue weighted by Crippen LogP contribution is 2.14. The molecular formula is C20H42O2Si. The highest BCUT2D eigenvalue weighted by molar-refractivity contribution is 6.15. The van der Waals surface area contributed by atoms with Gasteiger partial charge >= 0.3 is 10.0 Å². The molecule has 138 valence electrons. The molecular weight excluding hydrogens is 300 g/mol. The lowest BCUT2D eigenvalue weighted by atomic mass is 10.0. The fourth-order valence-corrected chi connectivity index (χ4v) is 3.43. The Hall–Kier alpha value is 0.137. The van der Waals surface area contributed by atoms with Gasteiger partial charge in [-0.25, -0.2) is 0 Å². The molecule has 0 aromatic rings. The Morgan fingerprint density at radius 2 is 1.00 bits per heavy atom. The molecule has 0 aromatic carbocycles. The quantitative estimate of drug-likeness (QED) is 0.212. The Kier molecular flexibility index (Phi) is 20.3. The normalized spacial score (nSPS) is 12.7. The summed E-state index contributed by atoms with van der Waals surface area (Å²) in [5.41, 5.74) is 0. The van der Waals surface area contributed by atoms with Crippen LogP contribution >= 0.6 is 0 Å². The van der Waals surface area contributed by atoms with Gasteiger partial charge in [-0.1, -0.05) is 110 Å². The summed E-state index contributed by atoms with van der Waals surface area (Å²) in [6.07, 6.45) is 23.9. The van der Waals surface area contributed by atoms with Gasteiger partial charge in [-0.15, -0.1) is 0 Å². The Labute approximate surface area is 148 Å². The summed E-state index contributed by atoms with van der Waals surface area (Å²) >= 11 is 0. The van der Waals surface area contributed by atoms with E-state index in [-0.39, 0.29) is 16.1 Å². The SMILES string of the molecule is CCCCCCCCCCCCCCCCCCC(C)O[Si]O. The van der Waals surface area contributed by atoms with E-state index in [4.69, 9.17) is 9.22 Å². The highest BCUT2D eigenvalue weighted by atomic mass is 28.2. The second-order valence-corrected chi connectivity index (χ2v) is 7.53. The minimum Gasteiger partial charge on any atom is -0.409 e. The molecule has 0 aliphatic carbocycles. The van der Waals surface area contributed by atoms with Crippen LogP contribution in [0.15, 0.2) is 0 Å². The summed E-state index contributed by atoms with van der Waals surface area (Å²) in [5, 5.41) is 0. The van der Waals surface area contributed by atoms with Gasteiger partial charge in [0, 0.05) is 6.10 Å². The highest BCUT2D eigenvalue weighted by Gasteiger charge is 2.01. The number of hydrogen-bond donors (Lipinski definition) is 1. The summed E-state index contributed by atoms with van der Waals surface area (Å²) in [4.78, 5) is 8.68. The van der Waals surface area contributed by atoms with Crippen molar-refractivity contribution in [2.24, 2.45) is 0 Å². The second kappa shape index (κ2) is 20.2. The van der Waals surface area contributed by atoms with Crippen molar-refractivity contribution in [2.45, 2.75) is 129 Å². The minimum atomic E-state index is -0.351. The van der Waals surface area contributed by atoms with Crippen molar-refractivity contribution in [3.05, 3.63) is 0 Å². The molecule has 0 amide bonds. The molecule has 1 N–H and O–H groups in total. The topological polar surface area (TPSA) is 29.5 Å².